The maximum absolute atomic E-state index is 4.58. The van der Waals surface area contributed by atoms with Crippen LogP contribution in [0.15, 0.2) is 71.6 Å². The van der Waals surface area contributed by atoms with E-state index in [1.54, 1.807) is 0 Å². The Morgan fingerprint density at radius 2 is 1.81 bits per heavy atom. The molecule has 0 saturated carbocycles. The number of anilines is 1. The summed E-state index contributed by atoms with van der Waals surface area (Å²) in [6.07, 6.45) is 5.54. The van der Waals surface area contributed by atoms with Crippen LogP contribution in [0.5, 0.6) is 0 Å². The fourth-order valence-electron chi connectivity index (χ4n) is 2.88. The van der Waals surface area contributed by atoms with Gasteiger partial charge in [-0.05, 0) is 60.3 Å². The summed E-state index contributed by atoms with van der Waals surface area (Å²) in [7, 11) is 0. The minimum absolute atomic E-state index is 0.671. The van der Waals surface area contributed by atoms with Crippen LogP contribution >= 0.6 is 15.9 Å². The van der Waals surface area contributed by atoms with Crippen LogP contribution in [0, 0.1) is 6.92 Å². The Labute approximate surface area is 160 Å². The first-order valence-electron chi connectivity index (χ1n) is 8.35. The van der Waals surface area contributed by atoms with Gasteiger partial charge in [-0.25, -0.2) is 4.98 Å². The Bertz CT molecular complexity index is 1060. The summed E-state index contributed by atoms with van der Waals surface area (Å²) in [4.78, 5) is 13.3. The van der Waals surface area contributed by atoms with Gasteiger partial charge in [0.1, 0.15) is 5.82 Å². The van der Waals surface area contributed by atoms with Gasteiger partial charge in [-0.1, -0.05) is 22.0 Å². The molecule has 1 N–H and O–H groups in total. The van der Waals surface area contributed by atoms with Gasteiger partial charge in [-0.3, -0.25) is 9.97 Å². The molecule has 0 aliphatic heterocycles. The van der Waals surface area contributed by atoms with Crippen LogP contribution < -0.4 is 5.32 Å². The van der Waals surface area contributed by atoms with E-state index in [0.29, 0.717) is 6.54 Å². The van der Waals surface area contributed by atoms with E-state index < -0.39 is 0 Å². The molecule has 128 valence electrons. The van der Waals surface area contributed by atoms with Crippen molar-refractivity contribution in [3.63, 3.8) is 0 Å². The maximum atomic E-state index is 4.58. The molecule has 0 fully saturated rings. The number of hydrogen-bond donors (Lipinski definition) is 1. The van der Waals surface area contributed by atoms with Crippen molar-refractivity contribution in [1.82, 2.24) is 15.0 Å². The normalized spacial score (nSPS) is 10.8. The van der Waals surface area contributed by atoms with E-state index >= 15 is 0 Å². The topological polar surface area (TPSA) is 50.7 Å². The van der Waals surface area contributed by atoms with Gasteiger partial charge in [-0.2, -0.15) is 0 Å². The summed E-state index contributed by atoms with van der Waals surface area (Å²) >= 11 is 3.51. The van der Waals surface area contributed by atoms with Crippen LogP contribution in [0.1, 0.15) is 11.3 Å². The van der Waals surface area contributed by atoms with E-state index in [-0.39, 0.29) is 0 Å². The lowest BCUT2D eigenvalue weighted by atomic mass is 10.1. The monoisotopic (exact) mass is 404 g/mol. The SMILES string of the molecule is Cc1cc(-c2ccc(CNc3nccc4cc(Br)ccc34)cn2)ccn1. The zero-order chi connectivity index (χ0) is 17.9. The van der Waals surface area contributed by atoms with E-state index in [2.05, 4.69) is 54.4 Å². The molecule has 0 aliphatic rings. The minimum Gasteiger partial charge on any atom is -0.365 e. The second-order valence-electron chi connectivity index (χ2n) is 6.12. The third-order valence-corrected chi connectivity index (χ3v) is 4.70. The number of fused-ring (bicyclic) bond motifs is 1. The highest BCUT2D eigenvalue weighted by Gasteiger charge is 2.04. The first-order valence-corrected chi connectivity index (χ1v) is 9.14. The molecule has 0 unspecified atom stereocenters. The number of halogens is 1. The molecule has 3 aromatic heterocycles. The number of nitrogens with one attached hydrogen (secondary N) is 1. The summed E-state index contributed by atoms with van der Waals surface area (Å²) in [5.41, 5.74) is 4.13. The Balaban J connectivity index is 1.52. The quantitative estimate of drug-likeness (QED) is 0.496. The van der Waals surface area contributed by atoms with Crippen molar-refractivity contribution in [1.29, 1.82) is 0 Å². The molecule has 0 atom stereocenters. The van der Waals surface area contributed by atoms with Gasteiger partial charge < -0.3 is 5.32 Å². The predicted molar refractivity (Wildman–Crippen MR) is 109 cm³/mol. The number of benzene rings is 1. The van der Waals surface area contributed by atoms with Crippen LogP contribution in [-0.4, -0.2) is 15.0 Å². The average Bonchev–Trinajstić information content (AvgIpc) is 2.66. The Kier molecular flexibility index (Phi) is 4.63. The molecule has 4 aromatic rings. The fourth-order valence-corrected chi connectivity index (χ4v) is 3.26. The summed E-state index contributed by atoms with van der Waals surface area (Å²) < 4.78 is 1.06. The van der Waals surface area contributed by atoms with Crippen LogP contribution in [0.25, 0.3) is 22.0 Å². The van der Waals surface area contributed by atoms with Gasteiger partial charge in [0, 0.05) is 46.3 Å². The second-order valence-corrected chi connectivity index (χ2v) is 7.03. The van der Waals surface area contributed by atoms with Crippen molar-refractivity contribution in [3.8, 4) is 11.3 Å². The lowest BCUT2D eigenvalue weighted by Crippen LogP contribution is -2.02. The Hall–Kier alpha value is -2.79. The van der Waals surface area contributed by atoms with Gasteiger partial charge in [-0.15, -0.1) is 0 Å². The van der Waals surface area contributed by atoms with E-state index in [1.807, 2.05) is 55.8 Å². The third kappa shape index (κ3) is 3.58. The highest BCUT2D eigenvalue weighted by molar-refractivity contribution is 9.10. The highest BCUT2D eigenvalue weighted by atomic mass is 79.9. The number of nitrogens with zero attached hydrogens (tertiary/aromatic N) is 3. The van der Waals surface area contributed by atoms with Crippen molar-refractivity contribution in [2.45, 2.75) is 13.5 Å². The zero-order valence-corrected chi connectivity index (χ0v) is 15.9. The van der Waals surface area contributed by atoms with Crippen molar-refractivity contribution in [3.05, 3.63) is 82.9 Å². The van der Waals surface area contributed by atoms with E-state index in [1.165, 1.54) is 0 Å². The summed E-state index contributed by atoms with van der Waals surface area (Å²) in [5.74, 6) is 0.879. The van der Waals surface area contributed by atoms with Crippen molar-refractivity contribution >= 4 is 32.5 Å². The van der Waals surface area contributed by atoms with Crippen LogP contribution in [0.2, 0.25) is 0 Å². The minimum atomic E-state index is 0.671. The molecule has 4 rings (SSSR count). The molecule has 0 bridgehead atoms. The molecule has 5 heteroatoms. The van der Waals surface area contributed by atoms with Gasteiger partial charge in [0.15, 0.2) is 0 Å². The lowest BCUT2D eigenvalue weighted by Gasteiger charge is -2.09. The summed E-state index contributed by atoms with van der Waals surface area (Å²) in [5, 5.41) is 5.67. The molecular formula is C21H17BrN4. The Morgan fingerprint density at radius 1 is 0.923 bits per heavy atom. The van der Waals surface area contributed by atoms with Gasteiger partial charge >= 0.3 is 0 Å². The highest BCUT2D eigenvalue weighted by Crippen LogP contribution is 2.25. The van der Waals surface area contributed by atoms with Crippen LogP contribution in [0.3, 0.4) is 0 Å². The summed E-state index contributed by atoms with van der Waals surface area (Å²) in [6.45, 7) is 2.66. The smallest absolute Gasteiger partial charge is 0.134 e. The van der Waals surface area contributed by atoms with Crippen LogP contribution in [0.4, 0.5) is 5.82 Å². The molecule has 0 aliphatic carbocycles. The lowest BCUT2D eigenvalue weighted by molar-refractivity contribution is 1.09. The van der Waals surface area contributed by atoms with Crippen molar-refractivity contribution < 1.29 is 0 Å². The van der Waals surface area contributed by atoms with Crippen molar-refractivity contribution in [2.75, 3.05) is 5.32 Å². The van der Waals surface area contributed by atoms with Crippen LogP contribution in [-0.2, 0) is 6.54 Å². The fraction of sp³-hybridized carbons (Fsp3) is 0.0952. The van der Waals surface area contributed by atoms with Gasteiger partial charge in [0.05, 0.1) is 5.69 Å². The molecule has 4 nitrogen and oxygen atoms in total. The second kappa shape index (κ2) is 7.22. The average molecular weight is 405 g/mol. The Morgan fingerprint density at radius 3 is 2.62 bits per heavy atom. The van der Waals surface area contributed by atoms with E-state index in [9.17, 15) is 0 Å². The number of hydrogen-bond acceptors (Lipinski definition) is 4. The van der Waals surface area contributed by atoms with Gasteiger partial charge in [0.2, 0.25) is 0 Å². The molecule has 1 aromatic carbocycles. The number of aryl methyl sites for hydroxylation is 1. The first-order chi connectivity index (χ1) is 12.7. The molecule has 3 heterocycles. The molecule has 0 spiro atoms. The largest absolute Gasteiger partial charge is 0.365 e. The van der Waals surface area contributed by atoms with Crippen molar-refractivity contribution in [2.24, 2.45) is 0 Å². The number of aromatic nitrogens is 3. The third-order valence-electron chi connectivity index (χ3n) is 4.20. The molecular weight excluding hydrogens is 388 g/mol. The molecule has 26 heavy (non-hydrogen) atoms. The van der Waals surface area contributed by atoms with E-state index in [4.69, 9.17) is 0 Å². The predicted octanol–water partition coefficient (Wildman–Crippen LogP) is 5.37. The number of rotatable bonds is 4. The standard InChI is InChI=1S/C21H17BrN4/c1-14-10-17(7-8-23-14)20-5-2-15(12-25-20)13-26-21-19-4-3-18(22)11-16(19)6-9-24-21/h2-12H,13H2,1H3,(H,24,26). The number of pyridine rings is 3. The van der Waals surface area contributed by atoms with E-state index in [0.717, 1.165) is 43.6 Å². The zero-order valence-electron chi connectivity index (χ0n) is 14.3. The maximum Gasteiger partial charge on any atom is 0.134 e. The first kappa shape index (κ1) is 16.7. The van der Waals surface area contributed by atoms with Gasteiger partial charge in [0.25, 0.3) is 0 Å². The summed E-state index contributed by atoms with van der Waals surface area (Å²) in [6, 6.07) is 16.4. The molecule has 0 amide bonds. The molecule has 0 saturated heterocycles. The molecule has 0 radical (unpaired) electrons.